The van der Waals surface area contributed by atoms with Crippen LogP contribution in [-0.4, -0.2) is 64.0 Å². The molecule has 0 aliphatic carbocycles. The van der Waals surface area contributed by atoms with Crippen LogP contribution in [0.3, 0.4) is 0 Å². The number of esters is 1. The van der Waals surface area contributed by atoms with Crippen LogP contribution in [0.1, 0.15) is 46.6 Å². The minimum Gasteiger partial charge on any atom is -0.463 e. The summed E-state index contributed by atoms with van der Waals surface area (Å²) in [4.78, 5) is 11.4. The maximum Gasteiger partial charge on any atom is 0.330 e. The van der Waals surface area contributed by atoms with Gasteiger partial charge in [-0.05, 0) is 12.5 Å². The molecule has 1 aromatic carbocycles. The van der Waals surface area contributed by atoms with E-state index in [0.717, 1.165) is 5.56 Å². The molecule has 0 unspecified atom stereocenters. The molecule has 0 amide bonds. The van der Waals surface area contributed by atoms with Gasteiger partial charge in [0.15, 0.2) is 0 Å². The van der Waals surface area contributed by atoms with E-state index in [1.165, 1.54) is 6.08 Å². The van der Waals surface area contributed by atoms with Gasteiger partial charge in [0.05, 0.1) is 44.2 Å². The number of hydrogen-bond acceptors (Lipinski definition) is 7. The van der Waals surface area contributed by atoms with Crippen molar-refractivity contribution in [3.8, 4) is 0 Å². The first kappa shape index (κ1) is 29.3. The average molecular weight is 467 g/mol. The van der Waals surface area contributed by atoms with Crippen molar-refractivity contribution < 1.29 is 34.7 Å². The molecule has 0 heterocycles. The van der Waals surface area contributed by atoms with Gasteiger partial charge in [-0.2, -0.15) is 0 Å². The minimum atomic E-state index is -0.979. The molecule has 1 aromatic rings. The van der Waals surface area contributed by atoms with Gasteiger partial charge in [-0.15, -0.1) is 0 Å². The summed E-state index contributed by atoms with van der Waals surface area (Å²) in [7, 11) is 0. The maximum absolute atomic E-state index is 11.4. The predicted molar refractivity (Wildman–Crippen MR) is 127 cm³/mol. The fraction of sp³-hybridized carbons (Fsp3) is 0.654. The molecule has 0 saturated carbocycles. The van der Waals surface area contributed by atoms with Gasteiger partial charge in [0.25, 0.3) is 0 Å². The topological polar surface area (TPSA) is 116 Å². The van der Waals surface area contributed by atoms with Crippen molar-refractivity contribution in [2.45, 2.75) is 72.1 Å². The van der Waals surface area contributed by atoms with Crippen molar-refractivity contribution in [3.63, 3.8) is 0 Å². The van der Waals surface area contributed by atoms with E-state index in [1.54, 1.807) is 33.8 Å². The van der Waals surface area contributed by atoms with E-state index < -0.39 is 42.2 Å². The van der Waals surface area contributed by atoms with Crippen LogP contribution in [-0.2, 0) is 20.9 Å². The molecule has 0 bridgehead atoms. The Labute approximate surface area is 198 Å². The van der Waals surface area contributed by atoms with Crippen LogP contribution in [0, 0.1) is 23.7 Å². The lowest BCUT2D eigenvalue weighted by molar-refractivity contribution is -0.137. The zero-order chi connectivity index (χ0) is 25.0. The van der Waals surface area contributed by atoms with Crippen molar-refractivity contribution in [2.75, 3.05) is 13.2 Å². The Balaban J connectivity index is 2.51. The van der Waals surface area contributed by atoms with Crippen LogP contribution >= 0.6 is 0 Å². The number of aliphatic hydroxyl groups excluding tert-OH is 4. The summed E-state index contributed by atoms with van der Waals surface area (Å²) in [6.45, 7) is 9.81. The second kappa shape index (κ2) is 15.2. The fourth-order valence-electron chi connectivity index (χ4n) is 3.69. The molecule has 0 radical (unpaired) electrons. The van der Waals surface area contributed by atoms with E-state index in [2.05, 4.69) is 0 Å². The molecule has 0 saturated heterocycles. The molecule has 33 heavy (non-hydrogen) atoms. The zero-order valence-electron chi connectivity index (χ0n) is 20.5. The quantitative estimate of drug-likeness (QED) is 0.232. The Morgan fingerprint density at radius 3 is 2.18 bits per heavy atom. The summed E-state index contributed by atoms with van der Waals surface area (Å²) in [5.74, 6) is -2.13. The van der Waals surface area contributed by atoms with Gasteiger partial charge in [0.2, 0.25) is 0 Å². The van der Waals surface area contributed by atoms with Gasteiger partial charge in [0, 0.05) is 36.2 Å². The lowest BCUT2D eigenvalue weighted by atomic mass is 9.81. The van der Waals surface area contributed by atoms with Crippen LogP contribution < -0.4 is 0 Å². The van der Waals surface area contributed by atoms with Crippen LogP contribution in [0.2, 0.25) is 0 Å². The second-order valence-corrected chi connectivity index (χ2v) is 9.02. The van der Waals surface area contributed by atoms with Gasteiger partial charge in [0.1, 0.15) is 0 Å². The van der Waals surface area contributed by atoms with E-state index in [9.17, 15) is 25.2 Å². The smallest absolute Gasteiger partial charge is 0.330 e. The third-order valence-corrected chi connectivity index (χ3v) is 6.21. The Kier molecular flexibility index (Phi) is 13.5. The zero-order valence-corrected chi connectivity index (χ0v) is 20.5. The van der Waals surface area contributed by atoms with Crippen molar-refractivity contribution in [1.82, 2.24) is 0 Å². The molecule has 188 valence electrons. The molecular formula is C26H42O7. The summed E-state index contributed by atoms with van der Waals surface area (Å²) < 4.78 is 10.5. The first-order valence-electron chi connectivity index (χ1n) is 11.8. The second-order valence-electron chi connectivity index (χ2n) is 9.02. The lowest BCUT2D eigenvalue weighted by Gasteiger charge is -2.34. The molecule has 7 heteroatoms. The number of carbonyl (C=O) groups is 1. The van der Waals surface area contributed by atoms with Gasteiger partial charge >= 0.3 is 5.97 Å². The number of rotatable bonds is 15. The molecular weight excluding hydrogens is 424 g/mol. The molecule has 0 spiro atoms. The fourth-order valence-corrected chi connectivity index (χ4v) is 3.69. The third kappa shape index (κ3) is 10.4. The Morgan fingerprint density at radius 1 is 0.939 bits per heavy atom. The molecule has 0 aliphatic heterocycles. The third-order valence-electron chi connectivity index (χ3n) is 6.21. The van der Waals surface area contributed by atoms with E-state index in [0.29, 0.717) is 13.2 Å². The normalized spacial score (nSPS) is 19.3. The van der Waals surface area contributed by atoms with Crippen molar-refractivity contribution >= 4 is 5.97 Å². The molecule has 4 N–H and O–H groups in total. The monoisotopic (exact) mass is 466 g/mol. The highest BCUT2D eigenvalue weighted by molar-refractivity contribution is 5.81. The highest BCUT2D eigenvalue weighted by atomic mass is 16.5. The molecule has 0 aliphatic rings. The van der Waals surface area contributed by atoms with Gasteiger partial charge < -0.3 is 29.9 Å². The van der Waals surface area contributed by atoms with E-state index >= 15 is 0 Å². The SMILES string of the molecule is CCOC(=O)/C=C/[C@@H](C)[C@@H](O)C[C@@H](O)[C@H](C)[C@H](O)[C@@H](C)[C@@H](O)[C@@H](C)COCc1ccccc1. The Bertz CT molecular complexity index is 693. The largest absolute Gasteiger partial charge is 0.463 e. The predicted octanol–water partition coefficient (Wildman–Crippen LogP) is 2.70. The van der Waals surface area contributed by atoms with E-state index in [4.69, 9.17) is 9.47 Å². The number of hydrogen-bond donors (Lipinski definition) is 4. The van der Waals surface area contributed by atoms with Crippen molar-refractivity contribution in [3.05, 3.63) is 48.0 Å². The first-order chi connectivity index (χ1) is 15.6. The Morgan fingerprint density at radius 2 is 1.58 bits per heavy atom. The average Bonchev–Trinajstić information content (AvgIpc) is 2.81. The van der Waals surface area contributed by atoms with Crippen LogP contribution in [0.15, 0.2) is 42.5 Å². The maximum atomic E-state index is 11.4. The summed E-state index contributed by atoms with van der Waals surface area (Å²) in [5.41, 5.74) is 1.05. The number of ether oxygens (including phenoxy) is 2. The van der Waals surface area contributed by atoms with Crippen LogP contribution in [0.25, 0.3) is 0 Å². The molecule has 0 aromatic heterocycles. The number of benzene rings is 1. The standard InChI is InChI=1S/C26H42O7/c1-6-33-24(29)13-12-17(2)22(27)14-23(28)19(4)26(31)20(5)25(30)18(3)15-32-16-21-10-8-7-9-11-21/h7-13,17-20,22-23,25-28,30-31H,6,14-16H2,1-5H3/b13-12+/t17-,18+,19+,20+,22+,23-,25+,26+/m1/s1. The van der Waals surface area contributed by atoms with Gasteiger partial charge in [-0.3, -0.25) is 0 Å². The lowest BCUT2D eigenvalue weighted by Crippen LogP contribution is -2.43. The molecule has 0 fully saturated rings. The first-order valence-corrected chi connectivity index (χ1v) is 11.8. The summed E-state index contributed by atoms with van der Waals surface area (Å²) in [6, 6.07) is 9.76. The Hall–Kier alpha value is -1.77. The minimum absolute atomic E-state index is 0.0329. The molecule has 8 atom stereocenters. The van der Waals surface area contributed by atoms with Crippen LogP contribution in [0.5, 0.6) is 0 Å². The van der Waals surface area contributed by atoms with Gasteiger partial charge in [-0.1, -0.05) is 64.1 Å². The number of aliphatic hydroxyl groups is 4. The molecule has 7 nitrogen and oxygen atoms in total. The summed E-state index contributed by atoms with van der Waals surface area (Å²) in [6.07, 6.45) is -0.822. The summed E-state index contributed by atoms with van der Waals surface area (Å²) in [5, 5.41) is 42.4. The van der Waals surface area contributed by atoms with Crippen LogP contribution in [0.4, 0.5) is 0 Å². The molecule has 1 rings (SSSR count). The highest BCUT2D eigenvalue weighted by Gasteiger charge is 2.34. The highest BCUT2D eigenvalue weighted by Crippen LogP contribution is 2.26. The van der Waals surface area contributed by atoms with Gasteiger partial charge in [-0.25, -0.2) is 4.79 Å². The van der Waals surface area contributed by atoms with E-state index in [-0.39, 0.29) is 24.9 Å². The summed E-state index contributed by atoms with van der Waals surface area (Å²) >= 11 is 0. The van der Waals surface area contributed by atoms with Crippen molar-refractivity contribution in [2.24, 2.45) is 23.7 Å². The van der Waals surface area contributed by atoms with E-state index in [1.807, 2.05) is 37.3 Å². The number of carbonyl (C=O) groups excluding carboxylic acids is 1. The van der Waals surface area contributed by atoms with Crippen molar-refractivity contribution in [1.29, 1.82) is 0 Å².